The van der Waals surface area contributed by atoms with Gasteiger partial charge in [-0.15, -0.1) is 0 Å². The Hall–Kier alpha value is -1.37. The molecule has 0 radical (unpaired) electrons. The number of nitrogens with one attached hydrogen (secondary N) is 2. The monoisotopic (exact) mass is 312 g/mol. The zero-order valence-corrected chi connectivity index (χ0v) is 12.1. The fourth-order valence-corrected chi connectivity index (χ4v) is 4.03. The number of halogens is 1. The Kier molecular flexibility index (Phi) is 3.32. The second-order valence-electron chi connectivity index (χ2n) is 4.85. The minimum atomic E-state index is -3.66. The molecule has 0 amide bonds. The maximum Gasteiger partial charge on any atom is 0.299 e. The van der Waals surface area contributed by atoms with Crippen molar-refractivity contribution in [3.63, 3.8) is 0 Å². The molecular weight excluding hydrogens is 300 g/mol. The molecule has 1 unspecified atom stereocenters. The van der Waals surface area contributed by atoms with Crippen molar-refractivity contribution in [2.24, 2.45) is 0 Å². The number of hydrogen-bond acceptors (Lipinski definition) is 3. The zero-order chi connectivity index (χ0) is 14.3. The van der Waals surface area contributed by atoms with Crippen LogP contribution in [0.15, 0.2) is 35.5 Å². The van der Waals surface area contributed by atoms with Gasteiger partial charge in [-0.25, -0.2) is 0 Å². The molecule has 1 aromatic carbocycles. The normalized spacial score (nSPS) is 25.1. The lowest BCUT2D eigenvalue weighted by molar-refractivity contribution is -0.116. The number of rotatable bonds is 1. The van der Waals surface area contributed by atoms with Gasteiger partial charge < -0.3 is 0 Å². The van der Waals surface area contributed by atoms with Gasteiger partial charge in [0.2, 0.25) is 0 Å². The molecule has 0 saturated carbocycles. The van der Waals surface area contributed by atoms with E-state index in [0.717, 1.165) is 0 Å². The molecule has 3 rings (SSSR count). The molecule has 1 heterocycles. The molecule has 106 valence electrons. The van der Waals surface area contributed by atoms with E-state index in [1.165, 1.54) is 0 Å². The SMILES string of the molecule is O=C1CCCC2=C1C(c1ccccc1Cl)NS(=O)(=O)N2. The van der Waals surface area contributed by atoms with Crippen molar-refractivity contribution in [1.29, 1.82) is 0 Å². The van der Waals surface area contributed by atoms with E-state index in [1.54, 1.807) is 24.3 Å². The van der Waals surface area contributed by atoms with E-state index in [-0.39, 0.29) is 5.78 Å². The van der Waals surface area contributed by atoms with E-state index in [1.807, 2.05) is 0 Å². The van der Waals surface area contributed by atoms with Crippen molar-refractivity contribution in [2.45, 2.75) is 25.3 Å². The molecule has 5 nitrogen and oxygen atoms in total. The highest BCUT2D eigenvalue weighted by Gasteiger charge is 2.37. The van der Waals surface area contributed by atoms with Crippen LogP contribution in [0.3, 0.4) is 0 Å². The van der Waals surface area contributed by atoms with E-state index in [9.17, 15) is 13.2 Å². The van der Waals surface area contributed by atoms with E-state index >= 15 is 0 Å². The second kappa shape index (κ2) is 4.87. The standard InChI is InChI=1S/C13H13ClN2O3S/c14-9-5-2-1-4-8(9)13-12-10(6-3-7-11(12)17)15-20(18,19)16-13/h1-2,4-5,13,15-16H,3,6-7H2. The molecule has 1 aromatic rings. The maximum atomic E-state index is 12.2. The first-order chi connectivity index (χ1) is 9.48. The smallest absolute Gasteiger partial charge is 0.294 e. The van der Waals surface area contributed by atoms with Gasteiger partial charge in [-0.3, -0.25) is 9.52 Å². The summed E-state index contributed by atoms with van der Waals surface area (Å²) in [5.74, 6) is -0.0360. The Balaban J connectivity index is 2.17. The molecule has 0 fully saturated rings. The lowest BCUT2D eigenvalue weighted by Crippen LogP contribution is -2.47. The minimum Gasteiger partial charge on any atom is -0.294 e. The highest BCUT2D eigenvalue weighted by molar-refractivity contribution is 7.87. The van der Waals surface area contributed by atoms with Crippen molar-refractivity contribution in [1.82, 2.24) is 9.44 Å². The number of benzene rings is 1. The highest BCUT2D eigenvalue weighted by Crippen LogP contribution is 2.36. The maximum absolute atomic E-state index is 12.2. The van der Waals surface area contributed by atoms with Crippen molar-refractivity contribution < 1.29 is 13.2 Å². The van der Waals surface area contributed by atoms with Crippen LogP contribution in [0.1, 0.15) is 30.9 Å². The second-order valence-corrected chi connectivity index (χ2v) is 6.70. The highest BCUT2D eigenvalue weighted by atomic mass is 35.5. The summed E-state index contributed by atoms with van der Waals surface area (Å²) >= 11 is 6.14. The quantitative estimate of drug-likeness (QED) is 0.830. The van der Waals surface area contributed by atoms with Crippen molar-refractivity contribution in [3.8, 4) is 0 Å². The summed E-state index contributed by atoms with van der Waals surface area (Å²) in [5, 5.41) is 0.437. The third kappa shape index (κ3) is 2.34. The van der Waals surface area contributed by atoms with Crippen molar-refractivity contribution in [2.75, 3.05) is 0 Å². The molecule has 0 bridgehead atoms. The molecule has 1 aliphatic heterocycles. The molecule has 2 N–H and O–H groups in total. The van der Waals surface area contributed by atoms with E-state index < -0.39 is 16.3 Å². The van der Waals surface area contributed by atoms with Crippen molar-refractivity contribution in [3.05, 3.63) is 46.1 Å². The number of allylic oxidation sites excluding steroid dienone is 1. The lowest BCUT2D eigenvalue weighted by atomic mass is 9.87. The van der Waals surface area contributed by atoms with Crippen LogP contribution in [0.2, 0.25) is 5.02 Å². The van der Waals surface area contributed by atoms with E-state index in [4.69, 9.17) is 11.6 Å². The molecule has 0 saturated heterocycles. The summed E-state index contributed by atoms with van der Waals surface area (Å²) in [7, 11) is -3.66. The summed E-state index contributed by atoms with van der Waals surface area (Å²) in [6, 6.07) is 6.23. The number of hydrogen-bond donors (Lipinski definition) is 2. The fraction of sp³-hybridized carbons (Fsp3) is 0.308. The van der Waals surface area contributed by atoms with E-state index in [2.05, 4.69) is 9.44 Å². The van der Waals surface area contributed by atoms with Gasteiger partial charge in [-0.2, -0.15) is 13.1 Å². The van der Waals surface area contributed by atoms with Gasteiger partial charge in [0.05, 0.1) is 6.04 Å². The lowest BCUT2D eigenvalue weighted by Gasteiger charge is -2.32. The topological polar surface area (TPSA) is 75.3 Å². The largest absolute Gasteiger partial charge is 0.299 e. The van der Waals surface area contributed by atoms with Crippen LogP contribution in [0.25, 0.3) is 0 Å². The van der Waals surface area contributed by atoms with Crippen molar-refractivity contribution >= 4 is 27.6 Å². The van der Waals surface area contributed by atoms with Gasteiger partial charge in [-0.1, -0.05) is 29.8 Å². The Bertz CT molecular complexity index is 712. The number of ketones is 1. The molecule has 2 aliphatic rings. The van der Waals surface area contributed by atoms with Crippen LogP contribution in [-0.4, -0.2) is 14.2 Å². The van der Waals surface area contributed by atoms with Gasteiger partial charge in [0.25, 0.3) is 10.2 Å². The molecule has 20 heavy (non-hydrogen) atoms. The van der Waals surface area contributed by atoms with Crippen LogP contribution in [0.4, 0.5) is 0 Å². The molecule has 1 atom stereocenters. The fourth-order valence-electron chi connectivity index (χ4n) is 2.64. The first-order valence-electron chi connectivity index (χ1n) is 6.29. The Morgan fingerprint density at radius 3 is 2.70 bits per heavy atom. The minimum absolute atomic E-state index is 0.0360. The molecule has 0 aromatic heterocycles. The third-order valence-electron chi connectivity index (χ3n) is 3.49. The summed E-state index contributed by atoms with van der Waals surface area (Å²) in [4.78, 5) is 12.2. The number of carbonyl (C=O) groups excluding carboxylic acids is 1. The Labute approximate surface area is 122 Å². The van der Waals surface area contributed by atoms with Crippen LogP contribution in [-0.2, 0) is 15.0 Å². The Morgan fingerprint density at radius 1 is 1.20 bits per heavy atom. The molecule has 1 aliphatic carbocycles. The van der Waals surface area contributed by atoms with Crippen LogP contribution in [0.5, 0.6) is 0 Å². The average molecular weight is 313 g/mol. The summed E-state index contributed by atoms with van der Waals surface area (Å²) in [6.07, 6.45) is 1.65. The van der Waals surface area contributed by atoms with Crippen LogP contribution < -0.4 is 9.44 Å². The zero-order valence-electron chi connectivity index (χ0n) is 10.5. The van der Waals surface area contributed by atoms with E-state index in [0.29, 0.717) is 41.1 Å². The molecule has 0 spiro atoms. The Morgan fingerprint density at radius 2 is 1.95 bits per heavy atom. The first-order valence-corrected chi connectivity index (χ1v) is 8.15. The predicted octanol–water partition coefficient (Wildman–Crippen LogP) is 1.83. The van der Waals surface area contributed by atoms with Gasteiger partial charge in [0.1, 0.15) is 0 Å². The van der Waals surface area contributed by atoms with Crippen LogP contribution in [0, 0.1) is 0 Å². The van der Waals surface area contributed by atoms with Gasteiger partial charge >= 0.3 is 0 Å². The number of Topliss-reactive ketones (excluding diaryl/α,β-unsaturated/α-hetero) is 1. The number of carbonyl (C=O) groups is 1. The first kappa shape index (κ1) is 13.6. The summed E-state index contributed by atoms with van der Waals surface area (Å²) < 4.78 is 28.7. The van der Waals surface area contributed by atoms with Crippen LogP contribution >= 0.6 is 11.6 Å². The summed E-state index contributed by atoms with van der Waals surface area (Å²) in [5.41, 5.74) is 1.58. The molecular formula is C13H13ClN2O3S. The van der Waals surface area contributed by atoms with Gasteiger partial charge in [0, 0.05) is 22.7 Å². The summed E-state index contributed by atoms with van der Waals surface area (Å²) in [6.45, 7) is 0. The molecule has 7 heteroatoms. The average Bonchev–Trinajstić information content (AvgIpc) is 2.37. The van der Waals surface area contributed by atoms with Gasteiger partial charge in [0.15, 0.2) is 5.78 Å². The third-order valence-corrected chi connectivity index (χ3v) is 4.90. The van der Waals surface area contributed by atoms with Gasteiger partial charge in [-0.05, 0) is 24.5 Å². The predicted molar refractivity (Wildman–Crippen MR) is 75.3 cm³/mol.